The highest BCUT2D eigenvalue weighted by atomic mass is 16.6. The van der Waals surface area contributed by atoms with Gasteiger partial charge in [-0.15, -0.1) is 0 Å². The molecular formula is C14H13N5O6. The van der Waals surface area contributed by atoms with E-state index in [1.807, 2.05) is 0 Å². The van der Waals surface area contributed by atoms with Crippen LogP contribution < -0.4 is 15.4 Å². The minimum Gasteiger partial charge on any atom is -0.497 e. The van der Waals surface area contributed by atoms with Gasteiger partial charge >= 0.3 is 17.5 Å². The second-order valence-electron chi connectivity index (χ2n) is 4.77. The van der Waals surface area contributed by atoms with Crippen LogP contribution in [0.5, 0.6) is 5.75 Å². The summed E-state index contributed by atoms with van der Waals surface area (Å²) in [5.74, 6) is -3.01. The Morgan fingerprint density at radius 3 is 2.40 bits per heavy atom. The van der Waals surface area contributed by atoms with Crippen LogP contribution in [-0.2, 0) is 9.59 Å². The Morgan fingerprint density at radius 2 is 1.84 bits per heavy atom. The van der Waals surface area contributed by atoms with Crippen LogP contribution in [0.2, 0.25) is 0 Å². The lowest BCUT2D eigenvalue weighted by atomic mass is 10.3. The molecule has 0 spiro atoms. The molecule has 11 nitrogen and oxygen atoms in total. The molecule has 1 aromatic carbocycles. The number of methoxy groups -OCH3 is 1. The van der Waals surface area contributed by atoms with Crippen molar-refractivity contribution in [1.29, 1.82) is 0 Å². The predicted octanol–water partition coefficient (Wildman–Crippen LogP) is 0.530. The van der Waals surface area contributed by atoms with Gasteiger partial charge in [-0.2, -0.15) is 5.10 Å². The molecule has 1 aromatic heterocycles. The third-order valence-corrected chi connectivity index (χ3v) is 3.09. The van der Waals surface area contributed by atoms with Crippen LogP contribution >= 0.6 is 0 Å². The molecule has 2 rings (SSSR count). The van der Waals surface area contributed by atoms with Crippen LogP contribution in [0.4, 0.5) is 11.4 Å². The maximum absolute atomic E-state index is 11.9. The Balaban J connectivity index is 2.04. The number of nitrogens with one attached hydrogen (secondary N) is 3. The fraction of sp³-hybridized carbons (Fsp3) is 0.143. The minimum atomic E-state index is -1.28. The fourth-order valence-corrected chi connectivity index (χ4v) is 1.89. The summed E-state index contributed by atoms with van der Waals surface area (Å²) in [5, 5.41) is 20.7. The van der Waals surface area contributed by atoms with Crippen LogP contribution in [0, 0.1) is 17.0 Å². The van der Waals surface area contributed by atoms with E-state index in [9.17, 15) is 24.5 Å². The van der Waals surface area contributed by atoms with Crippen molar-refractivity contribution in [1.82, 2.24) is 15.5 Å². The van der Waals surface area contributed by atoms with Crippen LogP contribution in [0.15, 0.2) is 24.3 Å². The largest absolute Gasteiger partial charge is 0.497 e. The van der Waals surface area contributed by atoms with E-state index in [2.05, 4.69) is 15.5 Å². The molecule has 130 valence electrons. The van der Waals surface area contributed by atoms with E-state index in [-0.39, 0.29) is 5.69 Å². The monoisotopic (exact) mass is 347 g/mol. The van der Waals surface area contributed by atoms with Gasteiger partial charge in [-0.1, -0.05) is 0 Å². The number of imide groups is 1. The Bertz CT molecular complexity index is 842. The Hall–Kier alpha value is -3.76. The number of nitro groups is 1. The smallest absolute Gasteiger partial charge is 0.322 e. The molecule has 0 saturated heterocycles. The lowest BCUT2D eigenvalue weighted by molar-refractivity contribution is -0.385. The van der Waals surface area contributed by atoms with Crippen LogP contribution in [0.3, 0.4) is 0 Å². The molecule has 3 amide bonds. The highest BCUT2D eigenvalue weighted by Crippen LogP contribution is 2.19. The van der Waals surface area contributed by atoms with Gasteiger partial charge in [0.05, 0.1) is 12.0 Å². The van der Waals surface area contributed by atoms with Crippen molar-refractivity contribution in [2.24, 2.45) is 0 Å². The molecule has 0 unspecified atom stereocenters. The van der Waals surface area contributed by atoms with Crippen LogP contribution in [0.1, 0.15) is 16.2 Å². The number of aromatic amines is 1. The number of carbonyl (C=O) groups excluding carboxylic acids is 3. The molecule has 1 heterocycles. The third kappa shape index (κ3) is 3.96. The SMILES string of the molecule is COc1ccc(NC(=O)C(=O)NC(=O)c2n[nH]c(C)c2[N+](=O)[O-])cc1. The Morgan fingerprint density at radius 1 is 1.20 bits per heavy atom. The van der Waals surface area contributed by atoms with Crippen molar-refractivity contribution >= 4 is 29.1 Å². The van der Waals surface area contributed by atoms with Gasteiger partial charge in [0.15, 0.2) is 0 Å². The first-order valence-electron chi connectivity index (χ1n) is 6.83. The van der Waals surface area contributed by atoms with E-state index in [0.29, 0.717) is 11.4 Å². The number of amides is 3. The molecule has 0 fully saturated rings. The number of carbonyl (C=O) groups is 3. The summed E-state index contributed by atoms with van der Waals surface area (Å²) in [6.07, 6.45) is 0. The van der Waals surface area contributed by atoms with Crippen molar-refractivity contribution in [2.75, 3.05) is 12.4 Å². The number of hydrogen-bond donors (Lipinski definition) is 3. The molecular weight excluding hydrogens is 334 g/mol. The van der Waals surface area contributed by atoms with Crippen molar-refractivity contribution in [3.05, 3.63) is 45.8 Å². The number of H-pyrrole nitrogens is 1. The average molecular weight is 347 g/mol. The zero-order chi connectivity index (χ0) is 18.6. The summed E-state index contributed by atoms with van der Waals surface area (Å²) < 4.78 is 4.95. The van der Waals surface area contributed by atoms with Gasteiger partial charge in [0.2, 0.25) is 5.69 Å². The second kappa shape index (κ2) is 7.21. The number of nitrogens with zero attached hydrogens (tertiary/aromatic N) is 2. The normalized spacial score (nSPS) is 10.0. The molecule has 2 aromatic rings. The number of anilines is 1. The summed E-state index contributed by atoms with van der Waals surface area (Å²) in [7, 11) is 1.47. The van der Waals surface area contributed by atoms with E-state index in [1.54, 1.807) is 17.4 Å². The van der Waals surface area contributed by atoms with Gasteiger partial charge in [0.25, 0.3) is 5.91 Å². The number of ether oxygens (including phenoxy) is 1. The Labute approximate surface area is 140 Å². The van der Waals surface area contributed by atoms with Crippen LogP contribution in [0.25, 0.3) is 0 Å². The van der Waals surface area contributed by atoms with Gasteiger partial charge < -0.3 is 10.1 Å². The van der Waals surface area contributed by atoms with Gasteiger partial charge in [0.1, 0.15) is 11.4 Å². The van der Waals surface area contributed by atoms with Gasteiger partial charge in [0, 0.05) is 5.69 Å². The zero-order valence-corrected chi connectivity index (χ0v) is 13.2. The quantitative estimate of drug-likeness (QED) is 0.413. The number of aryl methyl sites for hydroxylation is 1. The average Bonchev–Trinajstić information content (AvgIpc) is 2.97. The minimum absolute atomic E-state index is 0.0466. The molecule has 3 N–H and O–H groups in total. The van der Waals surface area contributed by atoms with E-state index in [1.165, 1.54) is 26.2 Å². The zero-order valence-electron chi connectivity index (χ0n) is 13.2. The molecule has 0 atom stereocenters. The maximum Gasteiger partial charge on any atom is 0.322 e. The van der Waals surface area contributed by atoms with Gasteiger partial charge in [-0.25, -0.2) is 0 Å². The summed E-state index contributed by atoms with van der Waals surface area (Å²) in [4.78, 5) is 45.6. The number of aromatic nitrogens is 2. The summed E-state index contributed by atoms with van der Waals surface area (Å²) in [5.41, 5.74) is -0.811. The van der Waals surface area contributed by atoms with E-state index >= 15 is 0 Å². The molecule has 0 bridgehead atoms. The molecule has 0 aliphatic carbocycles. The topological polar surface area (TPSA) is 156 Å². The molecule has 11 heteroatoms. The second-order valence-corrected chi connectivity index (χ2v) is 4.77. The number of rotatable bonds is 4. The van der Waals surface area contributed by atoms with Crippen molar-refractivity contribution in [3.63, 3.8) is 0 Å². The van der Waals surface area contributed by atoms with Gasteiger partial charge in [-0.05, 0) is 31.2 Å². The first kappa shape index (κ1) is 17.6. The molecule has 0 aliphatic rings. The lowest BCUT2D eigenvalue weighted by Gasteiger charge is -2.06. The van der Waals surface area contributed by atoms with E-state index < -0.39 is 34.0 Å². The fourth-order valence-electron chi connectivity index (χ4n) is 1.89. The first-order chi connectivity index (χ1) is 11.8. The van der Waals surface area contributed by atoms with Crippen LogP contribution in [-0.4, -0.2) is 40.0 Å². The summed E-state index contributed by atoms with van der Waals surface area (Å²) >= 11 is 0. The van der Waals surface area contributed by atoms with E-state index in [4.69, 9.17) is 4.74 Å². The van der Waals surface area contributed by atoms with E-state index in [0.717, 1.165) is 0 Å². The number of hydrogen-bond acceptors (Lipinski definition) is 7. The number of benzene rings is 1. The highest BCUT2D eigenvalue weighted by Gasteiger charge is 2.29. The third-order valence-electron chi connectivity index (χ3n) is 3.09. The van der Waals surface area contributed by atoms with Crippen molar-refractivity contribution < 1.29 is 24.0 Å². The summed E-state index contributed by atoms with van der Waals surface area (Å²) in [6, 6.07) is 6.12. The van der Waals surface area contributed by atoms with Gasteiger partial charge in [-0.3, -0.25) is 34.9 Å². The first-order valence-corrected chi connectivity index (χ1v) is 6.83. The molecule has 0 saturated carbocycles. The molecule has 0 radical (unpaired) electrons. The lowest BCUT2D eigenvalue weighted by Crippen LogP contribution is -2.39. The molecule has 25 heavy (non-hydrogen) atoms. The highest BCUT2D eigenvalue weighted by molar-refractivity contribution is 6.42. The van der Waals surface area contributed by atoms with Crippen molar-refractivity contribution in [2.45, 2.75) is 6.92 Å². The Kier molecular flexibility index (Phi) is 5.07. The standard InChI is InChI=1S/C14H13N5O6/c1-7-11(19(23)24)10(18-17-7)12(20)16-14(22)13(21)15-8-3-5-9(25-2)6-4-8/h3-6H,1-2H3,(H,15,21)(H,17,18)(H,16,20,22). The summed E-state index contributed by atoms with van der Waals surface area (Å²) in [6.45, 7) is 1.35. The predicted molar refractivity (Wildman–Crippen MR) is 84.1 cm³/mol. The maximum atomic E-state index is 11.9. The van der Waals surface area contributed by atoms with Crippen molar-refractivity contribution in [3.8, 4) is 5.75 Å². The molecule has 0 aliphatic heterocycles.